The van der Waals surface area contributed by atoms with Crippen molar-refractivity contribution in [2.24, 2.45) is 0 Å². The number of hydrogen-bond donors (Lipinski definition) is 1. The Morgan fingerprint density at radius 3 is 2.69 bits per heavy atom. The van der Waals surface area contributed by atoms with Gasteiger partial charge < -0.3 is 19.3 Å². The lowest BCUT2D eigenvalue weighted by atomic mass is 9.97. The predicted molar refractivity (Wildman–Crippen MR) is 117 cm³/mol. The molecular formula is C24H26N4O4. The number of nitrogens with one attached hydrogen (secondary N) is 1. The van der Waals surface area contributed by atoms with Crippen molar-refractivity contribution in [3.8, 4) is 22.9 Å². The molecule has 2 aromatic carbocycles. The average Bonchev–Trinajstić information content (AvgIpc) is 3.48. The van der Waals surface area contributed by atoms with E-state index in [1.807, 2.05) is 42.5 Å². The molecule has 1 fully saturated rings. The number of fused-ring (bicyclic) bond motifs is 1. The first-order chi connectivity index (χ1) is 15.6. The molecule has 0 aliphatic carbocycles. The first-order valence-electron chi connectivity index (χ1n) is 10.9. The molecule has 1 aromatic heterocycles. The summed E-state index contributed by atoms with van der Waals surface area (Å²) in [6.45, 7) is 4.80. The van der Waals surface area contributed by atoms with Crippen molar-refractivity contribution in [3.63, 3.8) is 0 Å². The molecule has 1 N–H and O–H groups in total. The Hall–Kier alpha value is -3.39. The molecule has 0 spiro atoms. The highest BCUT2D eigenvalue weighted by Gasteiger charge is 2.26. The highest BCUT2D eigenvalue weighted by molar-refractivity contribution is 5.78. The number of amides is 1. The summed E-state index contributed by atoms with van der Waals surface area (Å²) in [7, 11) is 0. The maximum Gasteiger partial charge on any atom is 0.234 e. The molecule has 0 atom stereocenters. The van der Waals surface area contributed by atoms with Crippen LogP contribution in [0.25, 0.3) is 11.4 Å². The van der Waals surface area contributed by atoms with E-state index in [0.29, 0.717) is 24.8 Å². The second kappa shape index (κ2) is 9.00. The van der Waals surface area contributed by atoms with Gasteiger partial charge in [0.2, 0.25) is 24.4 Å². The van der Waals surface area contributed by atoms with E-state index < -0.39 is 0 Å². The Kier molecular flexibility index (Phi) is 5.77. The van der Waals surface area contributed by atoms with Gasteiger partial charge in [0, 0.05) is 18.0 Å². The maximum atomic E-state index is 12.4. The van der Waals surface area contributed by atoms with E-state index in [-0.39, 0.29) is 18.6 Å². The SMILES string of the molecule is Cc1ccc(-c2noc(C3CCN(CC(=O)NCc4ccc5c(c4)OCO5)CC3)n2)cc1. The molecule has 166 valence electrons. The minimum atomic E-state index is 0.0144. The molecule has 1 saturated heterocycles. The minimum absolute atomic E-state index is 0.0144. The molecule has 8 heteroatoms. The van der Waals surface area contributed by atoms with E-state index in [1.54, 1.807) is 0 Å². The summed E-state index contributed by atoms with van der Waals surface area (Å²) in [5.41, 5.74) is 3.15. The molecule has 2 aliphatic heterocycles. The van der Waals surface area contributed by atoms with Gasteiger partial charge in [-0.1, -0.05) is 41.1 Å². The van der Waals surface area contributed by atoms with Crippen molar-refractivity contribution in [1.29, 1.82) is 0 Å². The fourth-order valence-corrected chi connectivity index (χ4v) is 4.07. The largest absolute Gasteiger partial charge is 0.454 e. The number of nitrogens with zero attached hydrogens (tertiary/aromatic N) is 3. The number of carbonyl (C=O) groups excluding carboxylic acids is 1. The van der Waals surface area contributed by atoms with Crippen molar-refractivity contribution in [2.45, 2.75) is 32.2 Å². The van der Waals surface area contributed by atoms with Crippen LogP contribution in [-0.2, 0) is 11.3 Å². The topological polar surface area (TPSA) is 89.7 Å². The molecule has 32 heavy (non-hydrogen) atoms. The summed E-state index contributed by atoms with van der Waals surface area (Å²) in [5.74, 6) is 3.04. The van der Waals surface area contributed by atoms with Crippen LogP contribution >= 0.6 is 0 Å². The molecule has 8 nitrogen and oxygen atoms in total. The summed E-state index contributed by atoms with van der Waals surface area (Å²) < 4.78 is 16.2. The third-order valence-corrected chi connectivity index (χ3v) is 5.98. The molecule has 3 aromatic rings. The number of ether oxygens (including phenoxy) is 2. The Morgan fingerprint density at radius 1 is 1.09 bits per heavy atom. The molecule has 2 aliphatic rings. The molecule has 3 heterocycles. The van der Waals surface area contributed by atoms with Crippen LogP contribution in [0, 0.1) is 6.92 Å². The average molecular weight is 434 g/mol. The molecular weight excluding hydrogens is 408 g/mol. The molecule has 0 radical (unpaired) electrons. The Bertz CT molecular complexity index is 1090. The van der Waals surface area contributed by atoms with Crippen molar-refractivity contribution >= 4 is 5.91 Å². The number of likely N-dealkylation sites (tertiary alicyclic amines) is 1. The fraction of sp³-hybridized carbons (Fsp3) is 0.375. The molecule has 5 rings (SSSR count). The quantitative estimate of drug-likeness (QED) is 0.637. The number of benzene rings is 2. The number of aryl methyl sites for hydroxylation is 1. The van der Waals surface area contributed by atoms with E-state index in [2.05, 4.69) is 27.3 Å². The van der Waals surface area contributed by atoms with Crippen LogP contribution in [0.1, 0.15) is 35.8 Å². The van der Waals surface area contributed by atoms with Crippen LogP contribution < -0.4 is 14.8 Å². The van der Waals surface area contributed by atoms with Crippen LogP contribution in [0.3, 0.4) is 0 Å². The lowest BCUT2D eigenvalue weighted by molar-refractivity contribution is -0.122. The number of aromatic nitrogens is 2. The van der Waals surface area contributed by atoms with Gasteiger partial charge in [-0.15, -0.1) is 0 Å². The third-order valence-electron chi connectivity index (χ3n) is 5.98. The van der Waals surface area contributed by atoms with E-state index in [9.17, 15) is 4.79 Å². The second-order valence-corrected chi connectivity index (χ2v) is 8.34. The second-order valence-electron chi connectivity index (χ2n) is 8.34. The highest BCUT2D eigenvalue weighted by atomic mass is 16.7. The van der Waals surface area contributed by atoms with Crippen molar-refractivity contribution in [3.05, 3.63) is 59.5 Å². The number of carbonyl (C=O) groups is 1. The van der Waals surface area contributed by atoms with Crippen LogP contribution in [0.4, 0.5) is 0 Å². The van der Waals surface area contributed by atoms with Gasteiger partial charge in [-0.3, -0.25) is 9.69 Å². The lowest BCUT2D eigenvalue weighted by Crippen LogP contribution is -2.41. The van der Waals surface area contributed by atoms with Gasteiger partial charge >= 0.3 is 0 Å². The number of rotatable bonds is 6. The van der Waals surface area contributed by atoms with Gasteiger partial charge in [0.15, 0.2) is 11.5 Å². The van der Waals surface area contributed by atoms with Crippen LogP contribution in [-0.4, -0.2) is 47.4 Å². The van der Waals surface area contributed by atoms with Crippen molar-refractivity contribution < 1.29 is 18.8 Å². The van der Waals surface area contributed by atoms with Crippen LogP contribution in [0.2, 0.25) is 0 Å². The van der Waals surface area contributed by atoms with Gasteiger partial charge in [-0.25, -0.2) is 0 Å². The highest BCUT2D eigenvalue weighted by Crippen LogP contribution is 2.32. The monoisotopic (exact) mass is 434 g/mol. The molecule has 0 saturated carbocycles. The first kappa shape index (κ1) is 20.5. The van der Waals surface area contributed by atoms with Gasteiger partial charge in [0.1, 0.15) is 0 Å². The summed E-state index contributed by atoms with van der Waals surface area (Å²) in [6.07, 6.45) is 1.79. The lowest BCUT2D eigenvalue weighted by Gasteiger charge is -2.29. The maximum absolute atomic E-state index is 12.4. The van der Waals surface area contributed by atoms with E-state index in [4.69, 9.17) is 14.0 Å². The van der Waals surface area contributed by atoms with Gasteiger partial charge in [0.25, 0.3) is 0 Å². The normalized spacial score (nSPS) is 16.3. The summed E-state index contributed by atoms with van der Waals surface area (Å²) in [6, 6.07) is 13.8. The minimum Gasteiger partial charge on any atom is -0.454 e. The van der Waals surface area contributed by atoms with Gasteiger partial charge in [-0.2, -0.15) is 4.98 Å². The summed E-state index contributed by atoms with van der Waals surface area (Å²) in [5, 5.41) is 7.14. The van der Waals surface area contributed by atoms with Crippen molar-refractivity contribution in [1.82, 2.24) is 20.4 Å². The molecule has 0 bridgehead atoms. The summed E-state index contributed by atoms with van der Waals surface area (Å²) >= 11 is 0. The first-order valence-corrected chi connectivity index (χ1v) is 10.9. The fourth-order valence-electron chi connectivity index (χ4n) is 4.07. The predicted octanol–water partition coefficient (Wildman–Crippen LogP) is 3.27. The smallest absolute Gasteiger partial charge is 0.234 e. The van der Waals surface area contributed by atoms with Crippen LogP contribution in [0.15, 0.2) is 47.0 Å². The Labute approximate surface area is 186 Å². The Morgan fingerprint density at radius 2 is 1.88 bits per heavy atom. The van der Waals surface area contributed by atoms with E-state index in [0.717, 1.165) is 48.6 Å². The van der Waals surface area contributed by atoms with E-state index in [1.165, 1.54) is 5.56 Å². The molecule has 0 unspecified atom stereocenters. The van der Waals surface area contributed by atoms with Gasteiger partial charge in [-0.05, 0) is 50.6 Å². The summed E-state index contributed by atoms with van der Waals surface area (Å²) in [4.78, 5) is 19.2. The zero-order valence-corrected chi connectivity index (χ0v) is 18.0. The molecule has 1 amide bonds. The number of piperidine rings is 1. The van der Waals surface area contributed by atoms with Gasteiger partial charge in [0.05, 0.1) is 6.54 Å². The standard InChI is InChI=1S/C24H26N4O4/c1-16-2-5-18(6-3-16)23-26-24(32-27-23)19-8-10-28(11-9-19)14-22(29)25-13-17-4-7-20-21(12-17)31-15-30-20/h2-7,12,19H,8-11,13-15H2,1H3,(H,25,29). The van der Waals surface area contributed by atoms with Crippen molar-refractivity contribution in [2.75, 3.05) is 26.4 Å². The third kappa shape index (κ3) is 4.60. The number of hydrogen-bond acceptors (Lipinski definition) is 7. The van der Waals surface area contributed by atoms with E-state index >= 15 is 0 Å². The Balaban J connectivity index is 1.09. The van der Waals surface area contributed by atoms with Crippen LogP contribution in [0.5, 0.6) is 11.5 Å². The zero-order chi connectivity index (χ0) is 21.9. The zero-order valence-electron chi connectivity index (χ0n) is 18.0.